The third-order valence-electron chi connectivity index (χ3n) is 1.93. The minimum absolute atomic E-state index is 0.0234. The first-order valence-corrected chi connectivity index (χ1v) is 4.75. The van der Waals surface area contributed by atoms with Crippen molar-refractivity contribution in [2.24, 2.45) is 0 Å². The Morgan fingerprint density at radius 3 is 2.67 bits per heavy atom. The Hall–Kier alpha value is -0.940. The molecule has 0 amide bonds. The van der Waals surface area contributed by atoms with Gasteiger partial charge in [-0.2, -0.15) is 0 Å². The summed E-state index contributed by atoms with van der Waals surface area (Å²) in [5, 5.41) is 3.80. The fraction of sp³-hybridized carbons (Fsp3) is 0.250. The molecule has 0 saturated heterocycles. The second-order valence-corrected chi connectivity index (χ2v) is 3.72. The predicted molar refractivity (Wildman–Crippen MR) is 52.7 cm³/mol. The predicted octanol–water partition coefficient (Wildman–Crippen LogP) is 3.28. The van der Waals surface area contributed by atoms with Crippen molar-refractivity contribution in [3.8, 4) is 0 Å². The van der Waals surface area contributed by atoms with E-state index in [0.717, 1.165) is 10.1 Å². The summed E-state index contributed by atoms with van der Waals surface area (Å²) in [5.74, 6) is -0.634. The molecular weight excluding hydrogens is 247 g/mol. The van der Waals surface area contributed by atoms with Crippen molar-refractivity contribution >= 4 is 28.7 Å². The van der Waals surface area contributed by atoms with Crippen molar-refractivity contribution in [2.75, 3.05) is 0 Å². The lowest BCUT2D eigenvalue weighted by molar-refractivity contribution is 0.138. The minimum Gasteiger partial charge on any atom is -0.217 e. The first-order chi connectivity index (χ1) is 7.00. The largest absolute Gasteiger partial charge is 0.299 e. The lowest BCUT2D eigenvalue weighted by atomic mass is 10.3. The maximum absolute atomic E-state index is 12.4. The average molecular weight is 252 g/mol. The summed E-state index contributed by atoms with van der Waals surface area (Å²) in [4.78, 5) is 3.50. The Morgan fingerprint density at radius 1 is 1.40 bits per heavy atom. The summed E-state index contributed by atoms with van der Waals surface area (Å²) in [7, 11) is 0. The highest BCUT2D eigenvalue weighted by molar-refractivity contribution is 6.34. The zero-order chi connectivity index (χ0) is 11.2. The molecule has 0 radical (unpaired) electrons. The molecule has 0 bridgehead atoms. The van der Waals surface area contributed by atoms with Gasteiger partial charge in [-0.1, -0.05) is 23.2 Å². The lowest BCUT2D eigenvalue weighted by Gasteiger charge is -2.02. The molecule has 0 unspecified atom stereocenters. The molecule has 0 aliphatic carbocycles. The first kappa shape index (κ1) is 10.6. The van der Waals surface area contributed by atoms with Gasteiger partial charge in [-0.25, -0.2) is 18.3 Å². The van der Waals surface area contributed by atoms with Crippen LogP contribution in [0.4, 0.5) is 8.78 Å². The Balaban J connectivity index is 2.81. The van der Waals surface area contributed by atoms with Gasteiger partial charge in [0.2, 0.25) is 5.82 Å². The van der Waals surface area contributed by atoms with Gasteiger partial charge in [0.15, 0.2) is 5.15 Å². The second-order valence-electron chi connectivity index (χ2n) is 2.97. The van der Waals surface area contributed by atoms with Gasteiger partial charge in [-0.05, 0) is 18.6 Å². The van der Waals surface area contributed by atoms with Crippen molar-refractivity contribution in [1.29, 1.82) is 0 Å². The van der Waals surface area contributed by atoms with Crippen LogP contribution in [0.5, 0.6) is 0 Å². The molecule has 2 aromatic rings. The number of hydrogen-bond acceptors (Lipinski definition) is 2. The monoisotopic (exact) mass is 251 g/mol. The number of aryl methyl sites for hydroxylation is 1. The number of nitrogens with zero attached hydrogens (tertiary/aromatic N) is 3. The van der Waals surface area contributed by atoms with Crippen LogP contribution in [-0.4, -0.2) is 14.6 Å². The van der Waals surface area contributed by atoms with E-state index in [9.17, 15) is 8.78 Å². The van der Waals surface area contributed by atoms with Gasteiger partial charge >= 0.3 is 0 Å². The normalized spacial score (nSPS) is 11.6. The number of hydrogen-bond donors (Lipinski definition) is 0. The van der Waals surface area contributed by atoms with Crippen LogP contribution < -0.4 is 0 Å². The number of rotatable bonds is 1. The van der Waals surface area contributed by atoms with Gasteiger partial charge in [0.05, 0.1) is 0 Å². The Bertz CT molecular complexity index is 524. The van der Waals surface area contributed by atoms with Crippen LogP contribution in [0.25, 0.3) is 5.52 Å². The number of halogens is 4. The molecule has 0 aromatic carbocycles. The van der Waals surface area contributed by atoms with E-state index in [4.69, 9.17) is 23.2 Å². The summed E-state index contributed by atoms with van der Waals surface area (Å²) < 4.78 is 25.9. The summed E-state index contributed by atoms with van der Waals surface area (Å²) >= 11 is 11.6. The molecule has 3 nitrogen and oxygen atoms in total. The third kappa shape index (κ3) is 1.66. The topological polar surface area (TPSA) is 30.2 Å². The molecule has 0 saturated carbocycles. The molecule has 15 heavy (non-hydrogen) atoms. The maximum Gasteiger partial charge on any atom is 0.299 e. The Morgan fingerprint density at radius 2 is 2.07 bits per heavy atom. The second kappa shape index (κ2) is 3.57. The number of aromatic nitrogens is 3. The summed E-state index contributed by atoms with van der Waals surface area (Å²) in [6.45, 7) is 1.75. The van der Waals surface area contributed by atoms with Gasteiger partial charge in [-0.3, -0.25) is 0 Å². The van der Waals surface area contributed by atoms with Gasteiger partial charge < -0.3 is 0 Å². The van der Waals surface area contributed by atoms with Crippen LogP contribution in [0.3, 0.4) is 0 Å². The van der Waals surface area contributed by atoms with Gasteiger partial charge in [0, 0.05) is 0 Å². The van der Waals surface area contributed by atoms with Gasteiger partial charge in [-0.15, -0.1) is 5.10 Å². The van der Waals surface area contributed by atoms with Crippen LogP contribution in [0, 0.1) is 6.92 Å². The van der Waals surface area contributed by atoms with Crippen molar-refractivity contribution in [3.05, 3.63) is 27.8 Å². The van der Waals surface area contributed by atoms with Crippen LogP contribution in [0.2, 0.25) is 10.3 Å². The highest BCUT2D eigenvalue weighted by atomic mass is 35.5. The van der Waals surface area contributed by atoms with Crippen LogP contribution in [0.1, 0.15) is 17.8 Å². The molecule has 2 rings (SSSR count). The van der Waals surface area contributed by atoms with Crippen molar-refractivity contribution < 1.29 is 8.78 Å². The van der Waals surface area contributed by atoms with Crippen LogP contribution >= 0.6 is 23.2 Å². The van der Waals surface area contributed by atoms with Gasteiger partial charge in [0.25, 0.3) is 6.43 Å². The molecule has 2 aromatic heterocycles. The smallest absolute Gasteiger partial charge is 0.217 e. The average Bonchev–Trinajstić information content (AvgIpc) is 2.42. The standard InChI is InChI=1S/C8H5Cl2F2N3/c1-3-2-4(9)15-5(3)6(10)13-8(14-15)7(11)12/h2,7H,1H3. The van der Waals surface area contributed by atoms with E-state index in [0.29, 0.717) is 5.52 Å². The molecule has 2 heterocycles. The first-order valence-electron chi connectivity index (χ1n) is 4.00. The zero-order valence-electron chi connectivity index (χ0n) is 7.51. The van der Waals surface area contributed by atoms with E-state index < -0.39 is 12.2 Å². The molecule has 0 fully saturated rings. The molecule has 80 valence electrons. The molecule has 0 aliphatic rings. The van der Waals surface area contributed by atoms with E-state index in [1.165, 1.54) is 0 Å². The highest BCUT2D eigenvalue weighted by Gasteiger charge is 2.17. The van der Waals surface area contributed by atoms with Crippen molar-refractivity contribution in [2.45, 2.75) is 13.3 Å². The van der Waals surface area contributed by atoms with Crippen LogP contribution in [0.15, 0.2) is 6.07 Å². The molecule has 7 heteroatoms. The number of alkyl halides is 2. The van der Waals surface area contributed by atoms with E-state index >= 15 is 0 Å². The Labute approximate surface area is 93.6 Å². The van der Waals surface area contributed by atoms with E-state index in [2.05, 4.69) is 10.1 Å². The van der Waals surface area contributed by atoms with E-state index in [1.54, 1.807) is 13.0 Å². The van der Waals surface area contributed by atoms with Gasteiger partial charge in [0.1, 0.15) is 10.7 Å². The fourth-order valence-electron chi connectivity index (χ4n) is 1.30. The quantitative estimate of drug-likeness (QED) is 0.779. The summed E-state index contributed by atoms with van der Waals surface area (Å²) in [6.07, 6.45) is -2.77. The van der Waals surface area contributed by atoms with Crippen molar-refractivity contribution in [3.63, 3.8) is 0 Å². The Kier molecular flexibility index (Phi) is 2.52. The summed E-state index contributed by atoms with van der Waals surface area (Å²) in [6, 6.07) is 1.59. The fourth-order valence-corrected chi connectivity index (χ4v) is 1.90. The minimum atomic E-state index is -2.77. The molecule has 0 aliphatic heterocycles. The molecule has 0 spiro atoms. The summed E-state index contributed by atoms with van der Waals surface area (Å²) in [5.41, 5.74) is 1.19. The van der Waals surface area contributed by atoms with E-state index in [1.807, 2.05) is 0 Å². The SMILES string of the molecule is Cc1cc(Cl)n2nc(C(F)F)nc(Cl)c12. The third-order valence-corrected chi connectivity index (χ3v) is 2.46. The zero-order valence-corrected chi connectivity index (χ0v) is 9.02. The number of fused-ring (bicyclic) bond motifs is 1. The molecule has 0 N–H and O–H groups in total. The maximum atomic E-state index is 12.4. The lowest BCUT2D eigenvalue weighted by Crippen LogP contribution is -2.03. The van der Waals surface area contributed by atoms with E-state index in [-0.39, 0.29) is 10.3 Å². The van der Waals surface area contributed by atoms with Crippen molar-refractivity contribution in [1.82, 2.24) is 14.6 Å². The van der Waals surface area contributed by atoms with Crippen LogP contribution in [-0.2, 0) is 0 Å². The highest BCUT2D eigenvalue weighted by Crippen LogP contribution is 2.26. The molecule has 0 atom stereocenters. The molecular formula is C8H5Cl2F2N3.